The first-order chi connectivity index (χ1) is 10.5. The second kappa shape index (κ2) is 5.60. The summed E-state index contributed by atoms with van der Waals surface area (Å²) in [5.41, 5.74) is 1.71. The molecule has 0 aliphatic rings. The topological polar surface area (TPSA) is 94.8 Å². The molecular weight excluding hydrogens is 326 g/mol. The van der Waals surface area contributed by atoms with Gasteiger partial charge in [0.15, 0.2) is 0 Å². The van der Waals surface area contributed by atoms with E-state index in [4.69, 9.17) is 11.6 Å². The predicted molar refractivity (Wildman–Crippen MR) is 84.4 cm³/mol. The van der Waals surface area contributed by atoms with Gasteiger partial charge < -0.3 is 9.97 Å². The maximum absolute atomic E-state index is 12.2. The zero-order valence-corrected chi connectivity index (χ0v) is 12.8. The van der Waals surface area contributed by atoms with Gasteiger partial charge in [0.25, 0.3) is 0 Å². The van der Waals surface area contributed by atoms with Gasteiger partial charge in [-0.2, -0.15) is 0 Å². The summed E-state index contributed by atoms with van der Waals surface area (Å²) in [6.45, 7) is 0.0940. The molecule has 1 heterocycles. The van der Waals surface area contributed by atoms with Crippen LogP contribution in [0.2, 0.25) is 5.02 Å². The van der Waals surface area contributed by atoms with Crippen molar-refractivity contribution in [2.45, 2.75) is 11.4 Å². The molecule has 3 rings (SSSR count). The van der Waals surface area contributed by atoms with Crippen LogP contribution in [0.5, 0.6) is 0 Å². The molecule has 3 N–H and O–H groups in total. The van der Waals surface area contributed by atoms with Gasteiger partial charge in [-0.3, -0.25) is 0 Å². The molecule has 6 nitrogen and oxygen atoms in total. The number of halogens is 1. The third-order valence-electron chi connectivity index (χ3n) is 3.17. The minimum Gasteiger partial charge on any atom is -0.306 e. The zero-order chi connectivity index (χ0) is 15.7. The monoisotopic (exact) mass is 337 g/mol. The number of H-pyrrole nitrogens is 2. The molecular formula is C14H12ClN3O3S. The molecule has 0 bridgehead atoms. The van der Waals surface area contributed by atoms with Gasteiger partial charge in [0.1, 0.15) is 4.90 Å². The highest BCUT2D eigenvalue weighted by Crippen LogP contribution is 2.20. The average molecular weight is 338 g/mol. The second-order valence-electron chi connectivity index (χ2n) is 4.71. The Balaban J connectivity index is 1.84. The highest BCUT2D eigenvalue weighted by atomic mass is 35.5. The Morgan fingerprint density at radius 3 is 2.55 bits per heavy atom. The molecule has 8 heteroatoms. The molecule has 0 aliphatic heterocycles. The normalized spacial score (nSPS) is 11.9. The van der Waals surface area contributed by atoms with Crippen molar-refractivity contribution in [1.29, 1.82) is 0 Å². The van der Waals surface area contributed by atoms with Crippen LogP contribution in [-0.2, 0) is 16.6 Å². The molecule has 3 aromatic rings. The lowest BCUT2D eigenvalue weighted by molar-refractivity contribution is 0.581. The molecule has 0 aliphatic carbocycles. The van der Waals surface area contributed by atoms with Gasteiger partial charge in [-0.25, -0.2) is 17.9 Å². The van der Waals surface area contributed by atoms with Crippen LogP contribution in [0.15, 0.2) is 52.2 Å². The summed E-state index contributed by atoms with van der Waals surface area (Å²) in [6, 6.07) is 11.4. The van der Waals surface area contributed by atoms with Crippen LogP contribution in [0, 0.1) is 0 Å². The number of rotatable bonds is 4. The number of aromatic amines is 2. The van der Waals surface area contributed by atoms with E-state index in [9.17, 15) is 13.2 Å². The molecule has 0 radical (unpaired) electrons. The van der Waals surface area contributed by atoms with Crippen molar-refractivity contribution in [2.75, 3.05) is 0 Å². The first-order valence-electron chi connectivity index (χ1n) is 6.41. The van der Waals surface area contributed by atoms with Gasteiger partial charge in [0.2, 0.25) is 10.0 Å². The van der Waals surface area contributed by atoms with Crippen molar-refractivity contribution in [3.63, 3.8) is 0 Å². The Kier molecular flexibility index (Phi) is 3.78. The largest absolute Gasteiger partial charge is 0.323 e. The lowest BCUT2D eigenvalue weighted by atomic mass is 10.2. The molecule has 1 aromatic heterocycles. The first-order valence-corrected chi connectivity index (χ1v) is 8.27. The number of sulfonamides is 1. The van der Waals surface area contributed by atoms with Crippen molar-refractivity contribution in [2.24, 2.45) is 0 Å². The van der Waals surface area contributed by atoms with Crippen molar-refractivity contribution in [1.82, 2.24) is 14.7 Å². The molecule has 0 amide bonds. The Bertz CT molecular complexity index is 992. The maximum Gasteiger partial charge on any atom is 0.323 e. The Hall–Kier alpha value is -2.09. The van der Waals surface area contributed by atoms with Gasteiger partial charge in [-0.1, -0.05) is 29.8 Å². The lowest BCUT2D eigenvalue weighted by Crippen LogP contribution is -2.23. The van der Waals surface area contributed by atoms with E-state index in [0.717, 1.165) is 5.56 Å². The van der Waals surface area contributed by atoms with Crippen LogP contribution >= 0.6 is 11.6 Å². The Labute approximate surface area is 131 Å². The maximum atomic E-state index is 12.2. The van der Waals surface area contributed by atoms with Crippen molar-refractivity contribution >= 4 is 32.7 Å². The number of benzene rings is 2. The van der Waals surface area contributed by atoms with Gasteiger partial charge in [-0.15, -0.1) is 0 Å². The fourth-order valence-electron chi connectivity index (χ4n) is 2.11. The summed E-state index contributed by atoms with van der Waals surface area (Å²) >= 11 is 5.91. The highest BCUT2D eigenvalue weighted by molar-refractivity contribution is 7.89. The number of hydrogen-bond donors (Lipinski definition) is 3. The van der Waals surface area contributed by atoms with E-state index in [0.29, 0.717) is 11.0 Å². The molecule has 0 unspecified atom stereocenters. The number of aromatic nitrogens is 2. The summed E-state index contributed by atoms with van der Waals surface area (Å²) in [4.78, 5) is 16.5. The van der Waals surface area contributed by atoms with E-state index >= 15 is 0 Å². The average Bonchev–Trinajstić information content (AvgIpc) is 2.85. The standard InChI is InChI=1S/C14H12ClN3O3S/c15-10-3-1-2-4-13(10)22(20,21)16-8-9-5-6-11-12(7-9)18-14(19)17-11/h1-7,16H,8H2,(H2,17,18,19). The zero-order valence-electron chi connectivity index (χ0n) is 11.3. The fraction of sp³-hybridized carbons (Fsp3) is 0.0714. The third-order valence-corrected chi connectivity index (χ3v) is 5.07. The first kappa shape index (κ1) is 14.8. The molecule has 2 aromatic carbocycles. The van der Waals surface area contributed by atoms with Crippen molar-refractivity contribution in [3.05, 3.63) is 63.5 Å². The number of nitrogens with one attached hydrogen (secondary N) is 3. The fourth-order valence-corrected chi connectivity index (χ4v) is 3.64. The smallest absolute Gasteiger partial charge is 0.306 e. The molecule has 0 saturated heterocycles. The van der Waals surface area contributed by atoms with Gasteiger partial charge in [0, 0.05) is 6.54 Å². The molecule has 0 saturated carbocycles. The Morgan fingerprint density at radius 2 is 1.77 bits per heavy atom. The minimum absolute atomic E-state index is 0.0350. The lowest BCUT2D eigenvalue weighted by Gasteiger charge is -2.08. The molecule has 22 heavy (non-hydrogen) atoms. The van der Waals surface area contributed by atoms with Crippen LogP contribution in [0.25, 0.3) is 11.0 Å². The van der Waals surface area contributed by atoms with Crippen LogP contribution in [-0.4, -0.2) is 18.4 Å². The molecule has 0 fully saturated rings. The van der Waals surface area contributed by atoms with Gasteiger partial charge in [0.05, 0.1) is 16.1 Å². The summed E-state index contributed by atoms with van der Waals surface area (Å²) in [5.74, 6) is 0. The van der Waals surface area contributed by atoms with Gasteiger partial charge >= 0.3 is 5.69 Å². The summed E-state index contributed by atoms with van der Waals surface area (Å²) < 4.78 is 27.0. The third kappa shape index (κ3) is 2.92. The summed E-state index contributed by atoms with van der Waals surface area (Å²) in [6.07, 6.45) is 0. The van der Waals surface area contributed by atoms with E-state index in [1.165, 1.54) is 12.1 Å². The van der Waals surface area contributed by atoms with Crippen molar-refractivity contribution < 1.29 is 8.42 Å². The van der Waals surface area contributed by atoms with Crippen LogP contribution in [0.3, 0.4) is 0 Å². The highest BCUT2D eigenvalue weighted by Gasteiger charge is 2.16. The second-order valence-corrected chi connectivity index (χ2v) is 6.86. The van der Waals surface area contributed by atoms with Gasteiger partial charge in [-0.05, 0) is 29.8 Å². The van der Waals surface area contributed by atoms with Crippen LogP contribution in [0.1, 0.15) is 5.56 Å². The quantitative estimate of drug-likeness (QED) is 0.679. The van der Waals surface area contributed by atoms with Crippen molar-refractivity contribution in [3.8, 4) is 0 Å². The van der Waals surface area contributed by atoms with Crippen LogP contribution < -0.4 is 10.4 Å². The molecule has 0 atom stereocenters. The number of fused-ring (bicyclic) bond motifs is 1. The predicted octanol–water partition coefficient (Wildman–Crippen LogP) is 1.99. The SMILES string of the molecule is O=c1[nH]c2ccc(CNS(=O)(=O)c3ccccc3Cl)cc2[nH]1. The molecule has 0 spiro atoms. The van der Waals surface area contributed by atoms with E-state index in [1.807, 2.05) is 0 Å². The number of imidazole rings is 1. The number of hydrogen-bond acceptors (Lipinski definition) is 3. The minimum atomic E-state index is -3.70. The van der Waals surface area contributed by atoms with E-state index in [-0.39, 0.29) is 22.2 Å². The molecule has 114 valence electrons. The van der Waals surface area contributed by atoms with Crippen LogP contribution in [0.4, 0.5) is 0 Å². The van der Waals surface area contributed by atoms with E-state index in [2.05, 4.69) is 14.7 Å². The summed E-state index contributed by atoms with van der Waals surface area (Å²) in [5, 5.41) is 0.167. The van der Waals surface area contributed by atoms with E-state index in [1.54, 1.807) is 30.3 Å². The Morgan fingerprint density at radius 1 is 1.05 bits per heavy atom. The summed E-state index contributed by atoms with van der Waals surface area (Å²) in [7, 11) is -3.70. The van der Waals surface area contributed by atoms with E-state index < -0.39 is 10.0 Å².